The number of halogens is 1. The van der Waals surface area contributed by atoms with E-state index >= 15 is 0 Å². The van der Waals surface area contributed by atoms with Gasteiger partial charge in [0.05, 0.1) is 6.54 Å². The lowest BCUT2D eigenvalue weighted by Gasteiger charge is -2.21. The first-order valence-electron chi connectivity index (χ1n) is 7.20. The SMILES string of the molecule is Cl.O=C1C[C@H]2NCC[C@H]2N1Cc1cc(-c2cccnc2)no1. The zero-order valence-corrected chi connectivity index (χ0v) is 12.8. The van der Waals surface area contributed by atoms with Crippen molar-refractivity contribution in [1.82, 2.24) is 20.4 Å². The highest BCUT2D eigenvalue weighted by Gasteiger charge is 2.42. The molecule has 1 N–H and O–H groups in total. The average Bonchev–Trinajstić information content (AvgIpc) is 3.19. The number of pyridine rings is 1. The van der Waals surface area contributed by atoms with Gasteiger partial charge in [0.25, 0.3) is 0 Å². The monoisotopic (exact) mass is 320 g/mol. The topological polar surface area (TPSA) is 71.3 Å². The van der Waals surface area contributed by atoms with Gasteiger partial charge in [-0.2, -0.15) is 0 Å². The highest BCUT2D eigenvalue weighted by atomic mass is 35.5. The van der Waals surface area contributed by atoms with Crippen molar-refractivity contribution in [2.75, 3.05) is 6.54 Å². The summed E-state index contributed by atoms with van der Waals surface area (Å²) in [5.41, 5.74) is 1.67. The Labute approximate surface area is 134 Å². The molecule has 2 fully saturated rings. The smallest absolute Gasteiger partial charge is 0.224 e. The molecule has 116 valence electrons. The fraction of sp³-hybridized carbons (Fsp3) is 0.400. The number of carbonyl (C=O) groups is 1. The molecule has 7 heteroatoms. The first-order valence-corrected chi connectivity index (χ1v) is 7.20. The maximum atomic E-state index is 12.1. The Morgan fingerprint density at radius 3 is 3.18 bits per heavy atom. The first kappa shape index (κ1) is 15.0. The van der Waals surface area contributed by atoms with E-state index in [-0.39, 0.29) is 18.3 Å². The molecule has 0 saturated carbocycles. The van der Waals surface area contributed by atoms with Gasteiger partial charge < -0.3 is 14.7 Å². The number of hydrogen-bond donors (Lipinski definition) is 1. The maximum absolute atomic E-state index is 12.1. The number of carbonyl (C=O) groups excluding carboxylic acids is 1. The van der Waals surface area contributed by atoms with Crippen molar-refractivity contribution in [3.63, 3.8) is 0 Å². The van der Waals surface area contributed by atoms with Crippen molar-refractivity contribution in [3.05, 3.63) is 36.4 Å². The summed E-state index contributed by atoms with van der Waals surface area (Å²) >= 11 is 0. The van der Waals surface area contributed by atoms with Gasteiger partial charge >= 0.3 is 0 Å². The lowest BCUT2D eigenvalue weighted by molar-refractivity contribution is -0.129. The minimum Gasteiger partial charge on any atom is -0.359 e. The summed E-state index contributed by atoms with van der Waals surface area (Å²) < 4.78 is 5.39. The van der Waals surface area contributed by atoms with Crippen LogP contribution in [-0.4, -0.2) is 39.6 Å². The second-order valence-electron chi connectivity index (χ2n) is 5.56. The van der Waals surface area contributed by atoms with Crippen LogP contribution in [0.4, 0.5) is 0 Å². The van der Waals surface area contributed by atoms with Crippen molar-refractivity contribution in [3.8, 4) is 11.3 Å². The summed E-state index contributed by atoms with van der Waals surface area (Å²) in [7, 11) is 0. The molecule has 6 nitrogen and oxygen atoms in total. The first-order chi connectivity index (χ1) is 10.3. The number of fused-ring (bicyclic) bond motifs is 1. The summed E-state index contributed by atoms with van der Waals surface area (Å²) in [4.78, 5) is 18.1. The maximum Gasteiger partial charge on any atom is 0.224 e. The van der Waals surface area contributed by atoms with E-state index in [9.17, 15) is 4.79 Å². The van der Waals surface area contributed by atoms with Gasteiger partial charge in [-0.3, -0.25) is 9.78 Å². The van der Waals surface area contributed by atoms with E-state index in [0.29, 0.717) is 25.0 Å². The Kier molecular flexibility index (Phi) is 4.13. The van der Waals surface area contributed by atoms with Crippen LogP contribution in [0, 0.1) is 0 Å². The third-order valence-electron chi connectivity index (χ3n) is 4.27. The van der Waals surface area contributed by atoms with Crippen LogP contribution in [-0.2, 0) is 11.3 Å². The molecule has 2 aliphatic rings. The normalized spacial score (nSPS) is 23.5. The lowest BCUT2D eigenvalue weighted by atomic mass is 10.1. The number of rotatable bonds is 3. The third kappa shape index (κ3) is 2.60. The second-order valence-corrected chi connectivity index (χ2v) is 5.56. The van der Waals surface area contributed by atoms with Gasteiger partial charge in [-0.15, -0.1) is 12.4 Å². The van der Waals surface area contributed by atoms with Gasteiger partial charge in [0.15, 0.2) is 5.76 Å². The summed E-state index contributed by atoms with van der Waals surface area (Å²) in [6.07, 6.45) is 5.08. The van der Waals surface area contributed by atoms with Gasteiger partial charge in [0, 0.05) is 42.5 Å². The number of aromatic nitrogens is 2. The Bertz CT molecular complexity index is 661. The Balaban J connectivity index is 0.00000144. The van der Waals surface area contributed by atoms with Crippen LogP contribution < -0.4 is 5.32 Å². The van der Waals surface area contributed by atoms with E-state index in [1.165, 1.54) is 0 Å². The van der Waals surface area contributed by atoms with Crippen LogP contribution in [0.2, 0.25) is 0 Å². The predicted molar refractivity (Wildman–Crippen MR) is 82.3 cm³/mol. The number of likely N-dealkylation sites (tertiary alicyclic amines) is 1. The highest BCUT2D eigenvalue weighted by Crippen LogP contribution is 2.28. The van der Waals surface area contributed by atoms with Crippen LogP contribution in [0.15, 0.2) is 35.1 Å². The summed E-state index contributed by atoms with van der Waals surface area (Å²) in [5.74, 6) is 0.909. The molecule has 22 heavy (non-hydrogen) atoms. The summed E-state index contributed by atoms with van der Waals surface area (Å²) in [6.45, 7) is 1.48. The fourth-order valence-electron chi connectivity index (χ4n) is 3.24. The molecule has 0 unspecified atom stereocenters. The number of hydrogen-bond acceptors (Lipinski definition) is 5. The molecule has 2 atom stereocenters. The van der Waals surface area contributed by atoms with E-state index in [0.717, 1.165) is 30.0 Å². The minimum atomic E-state index is 0. The molecule has 4 heterocycles. The largest absolute Gasteiger partial charge is 0.359 e. The summed E-state index contributed by atoms with van der Waals surface area (Å²) in [5, 5.41) is 7.45. The van der Waals surface area contributed by atoms with E-state index in [1.807, 2.05) is 23.1 Å². The second kappa shape index (κ2) is 6.06. The van der Waals surface area contributed by atoms with Gasteiger partial charge in [0.1, 0.15) is 5.69 Å². The van der Waals surface area contributed by atoms with E-state index < -0.39 is 0 Å². The molecule has 2 aliphatic heterocycles. The number of nitrogens with zero attached hydrogens (tertiary/aromatic N) is 3. The number of nitrogens with one attached hydrogen (secondary N) is 1. The van der Waals surface area contributed by atoms with Crippen LogP contribution in [0.1, 0.15) is 18.6 Å². The number of amides is 1. The molecule has 0 bridgehead atoms. The summed E-state index contributed by atoms with van der Waals surface area (Å²) in [6, 6.07) is 6.29. The molecule has 0 aromatic carbocycles. The molecule has 1 amide bonds. The van der Waals surface area contributed by atoms with E-state index in [2.05, 4.69) is 15.5 Å². The van der Waals surface area contributed by atoms with Crippen molar-refractivity contribution in [2.24, 2.45) is 0 Å². The quantitative estimate of drug-likeness (QED) is 0.930. The standard InChI is InChI=1S/C15H16N4O2.ClH/c20-15-7-13-14(3-5-17-13)19(15)9-11-6-12(18-21-11)10-2-1-4-16-8-10;/h1-2,4,6,8,13-14,17H,3,5,7,9H2;1H/t13-,14-;/m1./s1. The van der Waals surface area contributed by atoms with Crippen LogP contribution in [0.25, 0.3) is 11.3 Å². The molecule has 0 spiro atoms. The molecule has 2 aromatic heterocycles. The third-order valence-corrected chi connectivity index (χ3v) is 4.27. The van der Waals surface area contributed by atoms with Crippen LogP contribution >= 0.6 is 12.4 Å². The molecule has 4 rings (SSSR count). The van der Waals surface area contributed by atoms with Crippen LogP contribution in [0.3, 0.4) is 0 Å². The van der Waals surface area contributed by atoms with E-state index in [1.54, 1.807) is 12.4 Å². The highest BCUT2D eigenvalue weighted by molar-refractivity contribution is 5.85. The molecule has 2 aromatic rings. The van der Waals surface area contributed by atoms with Gasteiger partial charge in [-0.05, 0) is 25.1 Å². The van der Waals surface area contributed by atoms with E-state index in [4.69, 9.17) is 4.52 Å². The zero-order valence-electron chi connectivity index (χ0n) is 11.9. The van der Waals surface area contributed by atoms with Crippen molar-refractivity contribution >= 4 is 18.3 Å². The van der Waals surface area contributed by atoms with Gasteiger partial charge in [-0.25, -0.2) is 0 Å². The molecule has 2 saturated heterocycles. The van der Waals surface area contributed by atoms with Crippen molar-refractivity contribution in [2.45, 2.75) is 31.5 Å². The van der Waals surface area contributed by atoms with Gasteiger partial charge in [0.2, 0.25) is 5.91 Å². The molecular formula is C15H17ClN4O2. The molecular weight excluding hydrogens is 304 g/mol. The Morgan fingerprint density at radius 1 is 1.45 bits per heavy atom. The zero-order chi connectivity index (χ0) is 14.2. The fourth-order valence-corrected chi connectivity index (χ4v) is 3.24. The predicted octanol–water partition coefficient (Wildman–Crippen LogP) is 1.62. The lowest BCUT2D eigenvalue weighted by Crippen LogP contribution is -2.35. The van der Waals surface area contributed by atoms with Crippen LogP contribution in [0.5, 0.6) is 0 Å². The Morgan fingerprint density at radius 2 is 2.36 bits per heavy atom. The molecule has 0 aliphatic carbocycles. The van der Waals surface area contributed by atoms with Crippen molar-refractivity contribution < 1.29 is 9.32 Å². The molecule has 0 radical (unpaired) electrons. The minimum absolute atomic E-state index is 0. The average molecular weight is 321 g/mol. The Hall–Kier alpha value is -1.92. The van der Waals surface area contributed by atoms with Gasteiger partial charge in [-0.1, -0.05) is 5.16 Å². The van der Waals surface area contributed by atoms with Crippen molar-refractivity contribution in [1.29, 1.82) is 0 Å².